The van der Waals surface area contributed by atoms with Gasteiger partial charge in [0.2, 0.25) is 0 Å². The highest BCUT2D eigenvalue weighted by Crippen LogP contribution is 2.32. The lowest BCUT2D eigenvalue weighted by molar-refractivity contribution is 0.103. The molecule has 0 atom stereocenters. The minimum Gasteiger partial charge on any atom is -0.507 e. The highest BCUT2D eigenvalue weighted by Gasteiger charge is 2.18. The van der Waals surface area contributed by atoms with Crippen LogP contribution in [0.1, 0.15) is 66.7 Å². The minimum atomic E-state index is -0.226. The molecule has 0 saturated carbocycles. The van der Waals surface area contributed by atoms with Crippen molar-refractivity contribution in [2.75, 3.05) is 0 Å². The van der Waals surface area contributed by atoms with Gasteiger partial charge in [-0.2, -0.15) is 5.10 Å². The summed E-state index contributed by atoms with van der Waals surface area (Å²) in [6, 6.07) is 25.5. The van der Waals surface area contributed by atoms with E-state index in [4.69, 9.17) is 4.42 Å². The number of allylic oxidation sites excluding steroid dienone is 1. The van der Waals surface area contributed by atoms with Crippen molar-refractivity contribution >= 4 is 49.7 Å². The van der Waals surface area contributed by atoms with Gasteiger partial charge in [0.15, 0.2) is 23.6 Å². The van der Waals surface area contributed by atoms with Crippen LogP contribution in [-0.4, -0.2) is 38.3 Å². The number of phenolic OH excluding ortho intramolecular Hbond substituents is 2. The quantitative estimate of drug-likeness (QED) is 0.0793. The van der Waals surface area contributed by atoms with Gasteiger partial charge >= 0.3 is 0 Å². The zero-order valence-electron chi connectivity index (χ0n) is 27.5. The van der Waals surface area contributed by atoms with E-state index in [2.05, 4.69) is 55.6 Å². The molecule has 0 saturated heterocycles. The van der Waals surface area contributed by atoms with E-state index in [1.165, 1.54) is 24.3 Å². The predicted molar refractivity (Wildman–Crippen MR) is 202 cm³/mol. The predicted octanol–water partition coefficient (Wildman–Crippen LogP) is 10.4. The Kier molecular flexibility index (Phi) is 13.0. The van der Waals surface area contributed by atoms with Gasteiger partial charge in [-0.05, 0) is 105 Å². The van der Waals surface area contributed by atoms with Crippen LogP contribution < -0.4 is 0 Å². The van der Waals surface area contributed by atoms with Crippen LogP contribution in [0.3, 0.4) is 0 Å². The molecule has 0 fully saturated rings. The fourth-order valence-electron chi connectivity index (χ4n) is 4.65. The van der Waals surface area contributed by atoms with E-state index in [0.717, 1.165) is 22.0 Å². The number of aryl methyl sites for hydroxylation is 2. The summed E-state index contributed by atoms with van der Waals surface area (Å²) >= 11 is 6.63. The highest BCUT2D eigenvalue weighted by atomic mass is 79.9. The molecule has 254 valence electrons. The van der Waals surface area contributed by atoms with Gasteiger partial charge in [-0.25, -0.2) is 0 Å². The Morgan fingerprint density at radius 3 is 2.20 bits per heavy atom. The van der Waals surface area contributed by atoms with Gasteiger partial charge in [-0.3, -0.25) is 19.5 Å². The van der Waals surface area contributed by atoms with E-state index in [1.54, 1.807) is 42.7 Å². The summed E-state index contributed by atoms with van der Waals surface area (Å²) in [4.78, 5) is 36.1. The number of hydrogen-bond donors (Lipinski definition) is 3. The normalized spacial score (nSPS) is 10.3. The third-order valence-corrected chi connectivity index (χ3v) is 8.60. The van der Waals surface area contributed by atoms with Gasteiger partial charge < -0.3 is 14.6 Å². The number of halogens is 2. The average Bonchev–Trinajstić information content (AvgIpc) is 3.84. The molecule has 50 heavy (non-hydrogen) atoms. The molecular formula is C40H34Br2N2O6. The van der Waals surface area contributed by atoms with Crippen LogP contribution in [0, 0.1) is 13.8 Å². The fourth-order valence-corrected chi connectivity index (χ4v) is 5.44. The van der Waals surface area contributed by atoms with Gasteiger partial charge in [0, 0.05) is 36.8 Å². The Balaban J connectivity index is 0.000000214. The Bertz CT molecular complexity index is 2150. The van der Waals surface area contributed by atoms with Crippen LogP contribution >= 0.6 is 31.9 Å². The van der Waals surface area contributed by atoms with Gasteiger partial charge in [-0.1, -0.05) is 62.6 Å². The molecule has 0 radical (unpaired) electrons. The first-order chi connectivity index (χ1) is 24.0. The zero-order chi connectivity index (χ0) is 36.4. The van der Waals surface area contributed by atoms with Crippen molar-refractivity contribution in [1.29, 1.82) is 0 Å². The second kappa shape index (κ2) is 17.4. The molecule has 0 amide bonds. The third kappa shape index (κ3) is 9.22. The molecule has 2 aromatic heterocycles. The average molecular weight is 799 g/mol. The summed E-state index contributed by atoms with van der Waals surface area (Å²) < 4.78 is 6.81. The smallest absolute Gasteiger partial charge is 0.194 e. The number of H-pyrrole nitrogens is 1. The number of nitrogens with one attached hydrogen (secondary N) is 1. The van der Waals surface area contributed by atoms with Crippen molar-refractivity contribution in [2.24, 2.45) is 0 Å². The van der Waals surface area contributed by atoms with Crippen molar-refractivity contribution in [1.82, 2.24) is 10.2 Å². The SMILES string of the molecule is C=CCC.Cc1ccc(C)c(C(=O)c2ccc(O)c(-c3cc(-c4ccco4)[nH]n3)c2)c1.O=Cc1cc(C(=O)c2cc(Br)ccc2Br)ccc1O. The van der Waals surface area contributed by atoms with Gasteiger partial charge in [0.1, 0.15) is 17.2 Å². The first-order valence-electron chi connectivity index (χ1n) is 15.4. The van der Waals surface area contributed by atoms with E-state index < -0.39 is 0 Å². The number of aromatic amines is 1. The van der Waals surface area contributed by atoms with E-state index in [1.807, 2.05) is 50.3 Å². The number of hydrogen-bond acceptors (Lipinski definition) is 7. The second-order valence-electron chi connectivity index (χ2n) is 11.1. The summed E-state index contributed by atoms with van der Waals surface area (Å²) in [6.07, 6.45) is 5.05. The van der Waals surface area contributed by atoms with Crippen molar-refractivity contribution in [3.63, 3.8) is 0 Å². The summed E-state index contributed by atoms with van der Waals surface area (Å²) in [7, 11) is 0. The van der Waals surface area contributed by atoms with Crippen LogP contribution in [-0.2, 0) is 0 Å². The molecule has 10 heteroatoms. The largest absolute Gasteiger partial charge is 0.507 e. The number of ketones is 2. The number of benzene rings is 4. The summed E-state index contributed by atoms with van der Waals surface area (Å²) in [5.74, 6) is 0.260. The molecular weight excluding hydrogens is 764 g/mol. The standard InChI is InChI=1S/C22H18N2O3.C14H8Br2O3.C4H8/c1-13-5-6-14(2)16(10-13)22(26)15-7-8-20(25)17(11-15)18-12-19(24-23-18)21-4-3-9-27-21;15-10-2-3-12(16)11(6-10)14(19)8-1-4-13(18)9(5-8)7-17;1-3-4-2/h3-12,25H,1-2H3,(H,23,24);1-7,18H;3H,1,4H2,2H3. The van der Waals surface area contributed by atoms with Crippen molar-refractivity contribution in [2.45, 2.75) is 27.2 Å². The molecule has 0 aliphatic heterocycles. The molecule has 6 rings (SSSR count). The van der Waals surface area contributed by atoms with Crippen molar-refractivity contribution in [3.05, 3.63) is 158 Å². The van der Waals surface area contributed by atoms with Crippen molar-refractivity contribution < 1.29 is 29.0 Å². The minimum absolute atomic E-state index is 0.0602. The number of nitrogens with zero attached hydrogens (tertiary/aromatic N) is 1. The first kappa shape index (κ1) is 37.5. The second-order valence-corrected chi connectivity index (χ2v) is 12.8. The van der Waals surface area contributed by atoms with E-state index in [9.17, 15) is 24.6 Å². The molecule has 0 bridgehead atoms. The summed E-state index contributed by atoms with van der Waals surface area (Å²) in [6.45, 7) is 9.41. The van der Waals surface area contributed by atoms with Crippen LogP contribution in [0.5, 0.6) is 11.5 Å². The topological polar surface area (TPSA) is 133 Å². The number of carbonyl (C=O) groups excluding carboxylic acids is 3. The molecule has 2 heterocycles. The Labute approximate surface area is 306 Å². The summed E-state index contributed by atoms with van der Waals surface area (Å²) in [5.41, 5.74) is 5.74. The molecule has 8 nitrogen and oxygen atoms in total. The molecule has 0 aliphatic rings. The maximum Gasteiger partial charge on any atom is 0.194 e. The number of furan rings is 1. The van der Waals surface area contributed by atoms with Gasteiger partial charge in [-0.15, -0.1) is 6.58 Å². The Hall–Kier alpha value is -5.32. The molecule has 4 aromatic carbocycles. The number of carbonyl (C=O) groups is 3. The molecule has 0 aliphatic carbocycles. The lowest BCUT2D eigenvalue weighted by atomic mass is 9.95. The molecule has 6 aromatic rings. The van der Waals surface area contributed by atoms with Crippen LogP contribution in [0.2, 0.25) is 0 Å². The van der Waals surface area contributed by atoms with E-state index in [0.29, 0.717) is 55.7 Å². The number of phenols is 2. The van der Waals surface area contributed by atoms with Crippen LogP contribution in [0.25, 0.3) is 22.7 Å². The number of aldehydes is 1. The Morgan fingerprint density at radius 1 is 0.860 bits per heavy atom. The van der Waals surface area contributed by atoms with Crippen LogP contribution in [0.4, 0.5) is 0 Å². The first-order valence-corrected chi connectivity index (χ1v) is 17.0. The van der Waals surface area contributed by atoms with E-state index >= 15 is 0 Å². The maximum absolute atomic E-state index is 13.0. The monoisotopic (exact) mass is 796 g/mol. The van der Waals surface area contributed by atoms with Gasteiger partial charge in [0.25, 0.3) is 0 Å². The van der Waals surface area contributed by atoms with Gasteiger partial charge in [0.05, 0.1) is 17.5 Å². The fraction of sp³-hybridized carbons (Fsp3) is 0.100. The lowest BCUT2D eigenvalue weighted by Gasteiger charge is -2.08. The van der Waals surface area contributed by atoms with E-state index in [-0.39, 0.29) is 28.6 Å². The molecule has 0 spiro atoms. The lowest BCUT2D eigenvalue weighted by Crippen LogP contribution is -2.04. The number of rotatable bonds is 8. The number of aromatic hydroxyl groups is 2. The number of aromatic nitrogens is 2. The summed E-state index contributed by atoms with van der Waals surface area (Å²) in [5, 5.41) is 26.9. The maximum atomic E-state index is 13.0. The molecule has 0 unspecified atom stereocenters. The zero-order valence-corrected chi connectivity index (χ0v) is 30.7. The highest BCUT2D eigenvalue weighted by molar-refractivity contribution is 9.11. The van der Waals surface area contributed by atoms with Crippen LogP contribution in [0.15, 0.2) is 123 Å². The third-order valence-electron chi connectivity index (χ3n) is 7.42. The molecule has 3 N–H and O–H groups in total. The Morgan fingerprint density at radius 2 is 1.54 bits per heavy atom. The van der Waals surface area contributed by atoms with Crippen molar-refractivity contribution in [3.8, 4) is 34.2 Å².